The third kappa shape index (κ3) is 4.12. The van der Waals surface area contributed by atoms with E-state index in [2.05, 4.69) is 22.1 Å². The second kappa shape index (κ2) is 6.97. The maximum absolute atomic E-state index is 13.9. The second-order valence-corrected chi connectivity index (χ2v) is 5.26. The van der Waals surface area contributed by atoms with Crippen LogP contribution in [0.1, 0.15) is 26.6 Å². The number of nitrogens with zero attached hydrogens (tertiary/aromatic N) is 1. The van der Waals surface area contributed by atoms with Gasteiger partial charge in [-0.05, 0) is 25.1 Å². The van der Waals surface area contributed by atoms with Gasteiger partial charge in [-0.15, -0.1) is 11.3 Å². The summed E-state index contributed by atoms with van der Waals surface area (Å²) in [6, 6.07) is 4.08. The molecule has 2 aromatic rings. The zero-order valence-corrected chi connectivity index (χ0v) is 12.1. The van der Waals surface area contributed by atoms with Crippen molar-refractivity contribution in [2.45, 2.75) is 13.5 Å². The molecule has 0 unspecified atom stereocenters. The van der Waals surface area contributed by atoms with Gasteiger partial charge in [0.05, 0.1) is 22.8 Å². The Bertz CT molecular complexity index is 716. The van der Waals surface area contributed by atoms with Crippen LogP contribution in [0.3, 0.4) is 0 Å². The van der Waals surface area contributed by atoms with Gasteiger partial charge >= 0.3 is 0 Å². The van der Waals surface area contributed by atoms with Crippen molar-refractivity contribution in [2.24, 2.45) is 0 Å². The van der Waals surface area contributed by atoms with Crippen molar-refractivity contribution in [1.82, 2.24) is 10.3 Å². The lowest BCUT2D eigenvalue weighted by Gasteiger charge is -2.05. The van der Waals surface area contributed by atoms with E-state index in [-0.39, 0.29) is 18.7 Å². The van der Waals surface area contributed by atoms with E-state index in [1.54, 1.807) is 0 Å². The van der Waals surface area contributed by atoms with E-state index in [1.165, 1.54) is 29.5 Å². The van der Waals surface area contributed by atoms with Crippen LogP contribution in [-0.4, -0.2) is 22.6 Å². The number of rotatable bonds is 3. The van der Waals surface area contributed by atoms with Crippen LogP contribution < -0.4 is 5.32 Å². The number of aryl methyl sites for hydroxylation is 1. The number of hydrogen-bond donors (Lipinski definition) is 2. The molecule has 4 nitrogen and oxygen atoms in total. The van der Waals surface area contributed by atoms with Crippen LogP contribution >= 0.6 is 11.3 Å². The number of hydrogen-bond acceptors (Lipinski definition) is 4. The molecule has 0 spiro atoms. The van der Waals surface area contributed by atoms with E-state index in [9.17, 15) is 9.18 Å². The number of carbonyl (C=O) groups excluding carboxylic acids is 1. The molecule has 2 rings (SSSR count). The van der Waals surface area contributed by atoms with Crippen LogP contribution in [0.2, 0.25) is 0 Å². The summed E-state index contributed by atoms with van der Waals surface area (Å²) < 4.78 is 13.9. The van der Waals surface area contributed by atoms with Gasteiger partial charge in [0.25, 0.3) is 5.91 Å². The summed E-state index contributed by atoms with van der Waals surface area (Å²) in [5.74, 6) is 3.86. The van der Waals surface area contributed by atoms with Crippen molar-refractivity contribution in [2.75, 3.05) is 6.61 Å². The Labute approximate surface area is 125 Å². The Kier molecular flexibility index (Phi) is 5.04. The van der Waals surface area contributed by atoms with Gasteiger partial charge in [-0.2, -0.15) is 0 Å². The van der Waals surface area contributed by atoms with Crippen LogP contribution in [-0.2, 0) is 6.54 Å². The maximum atomic E-state index is 13.9. The number of halogens is 1. The number of carbonyl (C=O) groups is 1. The number of nitrogens with one attached hydrogen (secondary N) is 1. The Morgan fingerprint density at radius 1 is 1.52 bits per heavy atom. The van der Waals surface area contributed by atoms with E-state index < -0.39 is 11.7 Å². The van der Waals surface area contributed by atoms with E-state index in [1.807, 2.05) is 12.3 Å². The smallest absolute Gasteiger partial charge is 0.254 e. The van der Waals surface area contributed by atoms with Gasteiger partial charge in [0.1, 0.15) is 12.4 Å². The van der Waals surface area contributed by atoms with Crippen molar-refractivity contribution < 1.29 is 14.3 Å². The first kappa shape index (κ1) is 15.2. The highest BCUT2D eigenvalue weighted by Crippen LogP contribution is 2.11. The van der Waals surface area contributed by atoms with E-state index >= 15 is 0 Å². The molecule has 0 bridgehead atoms. The van der Waals surface area contributed by atoms with Crippen molar-refractivity contribution in [3.05, 3.63) is 51.2 Å². The molecule has 0 atom stereocenters. The van der Waals surface area contributed by atoms with Gasteiger partial charge in [0, 0.05) is 10.9 Å². The summed E-state index contributed by atoms with van der Waals surface area (Å²) in [5.41, 5.74) is 1.11. The summed E-state index contributed by atoms with van der Waals surface area (Å²) >= 11 is 1.49. The first-order valence-corrected chi connectivity index (χ1v) is 7.06. The molecule has 21 heavy (non-hydrogen) atoms. The fraction of sp³-hybridized carbons (Fsp3) is 0.200. The van der Waals surface area contributed by atoms with Gasteiger partial charge in [0.15, 0.2) is 0 Å². The largest absolute Gasteiger partial charge is 0.384 e. The van der Waals surface area contributed by atoms with Crippen LogP contribution in [0, 0.1) is 24.6 Å². The minimum atomic E-state index is -0.647. The molecule has 0 aliphatic carbocycles. The topological polar surface area (TPSA) is 62.2 Å². The summed E-state index contributed by atoms with van der Waals surface area (Å²) in [4.78, 5) is 16.1. The van der Waals surface area contributed by atoms with Gasteiger partial charge < -0.3 is 10.4 Å². The number of thiazole rings is 1. The Morgan fingerprint density at radius 2 is 2.33 bits per heavy atom. The minimum absolute atomic E-state index is 0.0449. The molecule has 0 aliphatic heterocycles. The third-order valence-corrected chi connectivity index (χ3v) is 3.44. The molecule has 0 saturated carbocycles. The van der Waals surface area contributed by atoms with Crippen molar-refractivity contribution in [1.29, 1.82) is 0 Å². The van der Waals surface area contributed by atoms with Crippen molar-refractivity contribution >= 4 is 17.2 Å². The Hall–Kier alpha value is -2.23. The fourth-order valence-electron chi connectivity index (χ4n) is 1.67. The van der Waals surface area contributed by atoms with Gasteiger partial charge in [-0.25, -0.2) is 9.37 Å². The van der Waals surface area contributed by atoms with Crippen LogP contribution in [0.5, 0.6) is 0 Å². The Morgan fingerprint density at radius 3 is 2.95 bits per heavy atom. The minimum Gasteiger partial charge on any atom is -0.384 e. The van der Waals surface area contributed by atoms with E-state index in [0.717, 1.165) is 10.7 Å². The third-order valence-electron chi connectivity index (χ3n) is 2.62. The highest BCUT2D eigenvalue weighted by molar-refractivity contribution is 7.09. The highest BCUT2D eigenvalue weighted by Gasteiger charge is 2.12. The first-order chi connectivity index (χ1) is 10.1. The SMILES string of the molecule is Cc1nc(CNC(=O)c2ccc(C#CCO)cc2F)cs1. The predicted octanol–water partition coefficient (Wildman–Crippen LogP) is 1.86. The number of amides is 1. The quantitative estimate of drug-likeness (QED) is 0.851. The van der Waals surface area contributed by atoms with Gasteiger partial charge in [0.2, 0.25) is 0 Å². The number of aliphatic hydroxyl groups is 1. The lowest BCUT2D eigenvalue weighted by atomic mass is 10.1. The summed E-state index contributed by atoms with van der Waals surface area (Å²) in [5, 5.41) is 14.0. The molecule has 2 N–H and O–H groups in total. The molecule has 0 saturated heterocycles. The molecule has 1 aromatic carbocycles. The van der Waals surface area contributed by atoms with Crippen molar-refractivity contribution in [3.63, 3.8) is 0 Å². The molecule has 6 heteroatoms. The molecule has 1 heterocycles. The second-order valence-electron chi connectivity index (χ2n) is 4.20. The average Bonchev–Trinajstić information content (AvgIpc) is 2.88. The molecule has 0 radical (unpaired) electrons. The molecular formula is C15H13FN2O2S. The number of aromatic nitrogens is 1. The molecule has 0 fully saturated rings. The van der Waals surface area contributed by atoms with Gasteiger partial charge in [-0.3, -0.25) is 4.79 Å². The van der Waals surface area contributed by atoms with Crippen LogP contribution in [0.4, 0.5) is 4.39 Å². The lowest BCUT2D eigenvalue weighted by Crippen LogP contribution is -2.24. The number of aliphatic hydroxyl groups excluding tert-OH is 1. The monoisotopic (exact) mass is 304 g/mol. The predicted molar refractivity (Wildman–Crippen MR) is 78.4 cm³/mol. The highest BCUT2D eigenvalue weighted by atomic mass is 32.1. The first-order valence-electron chi connectivity index (χ1n) is 6.18. The molecule has 0 aliphatic rings. The fourth-order valence-corrected chi connectivity index (χ4v) is 2.29. The van der Waals surface area contributed by atoms with Crippen molar-refractivity contribution in [3.8, 4) is 11.8 Å². The van der Waals surface area contributed by atoms with Crippen LogP contribution in [0.25, 0.3) is 0 Å². The lowest BCUT2D eigenvalue weighted by molar-refractivity contribution is 0.0946. The average molecular weight is 304 g/mol. The molecular weight excluding hydrogens is 291 g/mol. The summed E-state index contributed by atoms with van der Waals surface area (Å²) in [6.45, 7) is 1.84. The molecule has 1 aromatic heterocycles. The van der Waals surface area contributed by atoms with Crippen LogP contribution in [0.15, 0.2) is 23.6 Å². The zero-order valence-electron chi connectivity index (χ0n) is 11.3. The van der Waals surface area contributed by atoms with E-state index in [0.29, 0.717) is 5.56 Å². The zero-order chi connectivity index (χ0) is 15.2. The Balaban J connectivity index is 2.05. The maximum Gasteiger partial charge on any atom is 0.254 e. The summed E-state index contributed by atoms with van der Waals surface area (Å²) in [7, 11) is 0. The normalized spacial score (nSPS) is 9.86. The standard InChI is InChI=1S/C15H13FN2O2S/c1-10-18-12(9-21-10)8-17-15(20)13-5-4-11(3-2-6-19)7-14(13)16/h4-5,7,9,19H,6,8H2,1H3,(H,17,20). The van der Waals surface area contributed by atoms with Gasteiger partial charge in [-0.1, -0.05) is 11.8 Å². The molecule has 108 valence electrons. The summed E-state index contributed by atoms with van der Waals surface area (Å²) in [6.07, 6.45) is 0. The molecule has 1 amide bonds. The van der Waals surface area contributed by atoms with E-state index in [4.69, 9.17) is 5.11 Å². The number of benzene rings is 1.